The van der Waals surface area contributed by atoms with Crippen molar-refractivity contribution in [3.63, 3.8) is 0 Å². The van der Waals surface area contributed by atoms with Gasteiger partial charge in [0.1, 0.15) is 0 Å². The highest BCUT2D eigenvalue weighted by molar-refractivity contribution is 7.99. The van der Waals surface area contributed by atoms with Crippen LogP contribution in [0.15, 0.2) is 0 Å². The van der Waals surface area contributed by atoms with Crippen molar-refractivity contribution in [2.24, 2.45) is 0 Å². The lowest BCUT2D eigenvalue weighted by atomic mass is 10.1. The van der Waals surface area contributed by atoms with Gasteiger partial charge in [-0.25, -0.2) is 0 Å². The van der Waals surface area contributed by atoms with Crippen molar-refractivity contribution in [1.29, 1.82) is 0 Å². The molecule has 2 heterocycles. The molecule has 0 bridgehead atoms. The molecule has 2 rings (SSSR count). The van der Waals surface area contributed by atoms with Crippen LogP contribution in [0.3, 0.4) is 0 Å². The smallest absolute Gasteiger partial charge is 0.222 e. The van der Waals surface area contributed by atoms with Crippen LogP contribution in [0.1, 0.15) is 32.6 Å². The molecule has 2 aliphatic rings. The third-order valence-corrected chi connectivity index (χ3v) is 4.69. The van der Waals surface area contributed by atoms with E-state index in [4.69, 9.17) is 0 Å². The van der Waals surface area contributed by atoms with Gasteiger partial charge in [0.15, 0.2) is 0 Å². The standard InChI is InChI=1S/C12H22N2OS/c1-2-12(15)14-6-5-10(8-14)13-11-4-3-7-16-9-11/h10-11,13H,2-9H2,1H3. The zero-order chi connectivity index (χ0) is 11.4. The second kappa shape index (κ2) is 5.92. The summed E-state index contributed by atoms with van der Waals surface area (Å²) in [6, 6.07) is 1.22. The van der Waals surface area contributed by atoms with Crippen molar-refractivity contribution in [2.45, 2.75) is 44.7 Å². The van der Waals surface area contributed by atoms with E-state index in [0.717, 1.165) is 19.5 Å². The molecule has 0 saturated carbocycles. The second-order valence-electron chi connectivity index (χ2n) is 4.76. The van der Waals surface area contributed by atoms with E-state index in [1.54, 1.807) is 0 Å². The fraction of sp³-hybridized carbons (Fsp3) is 0.917. The lowest BCUT2D eigenvalue weighted by molar-refractivity contribution is -0.129. The molecular formula is C12H22N2OS. The van der Waals surface area contributed by atoms with Crippen LogP contribution in [-0.2, 0) is 4.79 Å². The lowest BCUT2D eigenvalue weighted by Crippen LogP contribution is -2.43. The van der Waals surface area contributed by atoms with Gasteiger partial charge in [0.05, 0.1) is 0 Å². The first-order chi connectivity index (χ1) is 7.79. The quantitative estimate of drug-likeness (QED) is 0.813. The van der Waals surface area contributed by atoms with Crippen molar-refractivity contribution >= 4 is 17.7 Å². The van der Waals surface area contributed by atoms with E-state index in [1.807, 2.05) is 11.8 Å². The lowest BCUT2D eigenvalue weighted by Gasteiger charge is -2.26. The number of amides is 1. The summed E-state index contributed by atoms with van der Waals surface area (Å²) in [4.78, 5) is 13.6. The molecule has 0 radical (unpaired) electrons. The number of likely N-dealkylation sites (tertiary alicyclic amines) is 1. The molecule has 1 amide bonds. The number of carbonyl (C=O) groups excluding carboxylic acids is 1. The van der Waals surface area contributed by atoms with E-state index < -0.39 is 0 Å². The first kappa shape index (κ1) is 12.2. The van der Waals surface area contributed by atoms with E-state index in [2.05, 4.69) is 17.1 Å². The van der Waals surface area contributed by atoms with Crippen molar-refractivity contribution < 1.29 is 4.79 Å². The minimum absolute atomic E-state index is 0.308. The van der Waals surface area contributed by atoms with Gasteiger partial charge in [-0.3, -0.25) is 4.79 Å². The monoisotopic (exact) mass is 242 g/mol. The van der Waals surface area contributed by atoms with E-state index in [-0.39, 0.29) is 0 Å². The Morgan fingerprint density at radius 3 is 3.00 bits per heavy atom. The highest BCUT2D eigenvalue weighted by atomic mass is 32.2. The summed E-state index contributed by atoms with van der Waals surface area (Å²) >= 11 is 2.05. The second-order valence-corrected chi connectivity index (χ2v) is 5.91. The Morgan fingerprint density at radius 1 is 1.44 bits per heavy atom. The molecule has 0 spiro atoms. The molecule has 3 nitrogen and oxygen atoms in total. The highest BCUT2D eigenvalue weighted by Crippen LogP contribution is 2.19. The minimum Gasteiger partial charge on any atom is -0.341 e. The first-order valence-corrected chi connectivity index (χ1v) is 7.56. The van der Waals surface area contributed by atoms with Gasteiger partial charge in [0, 0.05) is 37.3 Å². The first-order valence-electron chi connectivity index (χ1n) is 6.41. The topological polar surface area (TPSA) is 32.3 Å². The minimum atomic E-state index is 0.308. The van der Waals surface area contributed by atoms with Crippen LogP contribution in [0, 0.1) is 0 Å². The molecule has 16 heavy (non-hydrogen) atoms. The van der Waals surface area contributed by atoms with Crippen molar-refractivity contribution in [3.8, 4) is 0 Å². The molecule has 1 N–H and O–H groups in total. The van der Waals surface area contributed by atoms with Crippen LogP contribution < -0.4 is 5.32 Å². The Morgan fingerprint density at radius 2 is 2.31 bits per heavy atom. The van der Waals surface area contributed by atoms with Crippen LogP contribution in [0.5, 0.6) is 0 Å². The molecule has 2 atom stereocenters. The Labute approximate surface area is 102 Å². The summed E-state index contributed by atoms with van der Waals surface area (Å²) in [5.41, 5.74) is 0. The van der Waals surface area contributed by atoms with Crippen LogP contribution in [0.25, 0.3) is 0 Å². The predicted octanol–water partition coefficient (Wildman–Crippen LogP) is 1.48. The van der Waals surface area contributed by atoms with Crippen molar-refractivity contribution in [1.82, 2.24) is 10.2 Å². The van der Waals surface area contributed by atoms with Gasteiger partial charge >= 0.3 is 0 Å². The summed E-state index contributed by atoms with van der Waals surface area (Å²) in [7, 11) is 0. The van der Waals surface area contributed by atoms with Crippen LogP contribution in [-0.4, -0.2) is 47.5 Å². The summed E-state index contributed by atoms with van der Waals surface area (Å²) in [6.45, 7) is 3.82. The fourth-order valence-corrected chi connectivity index (χ4v) is 3.64. The van der Waals surface area contributed by atoms with Crippen molar-refractivity contribution in [3.05, 3.63) is 0 Å². The number of hydrogen-bond acceptors (Lipinski definition) is 3. The zero-order valence-corrected chi connectivity index (χ0v) is 10.9. The highest BCUT2D eigenvalue weighted by Gasteiger charge is 2.27. The number of thioether (sulfide) groups is 1. The number of carbonyl (C=O) groups is 1. The van der Waals surface area contributed by atoms with Crippen LogP contribution in [0.2, 0.25) is 0 Å². The fourth-order valence-electron chi connectivity index (χ4n) is 2.55. The molecule has 0 aromatic carbocycles. The normalized spacial score (nSPS) is 30.7. The number of nitrogens with one attached hydrogen (secondary N) is 1. The molecule has 4 heteroatoms. The average Bonchev–Trinajstić information content (AvgIpc) is 2.78. The molecular weight excluding hydrogens is 220 g/mol. The van der Waals surface area contributed by atoms with Gasteiger partial charge in [-0.1, -0.05) is 6.92 Å². The third-order valence-electron chi connectivity index (χ3n) is 3.48. The average molecular weight is 242 g/mol. The summed E-state index contributed by atoms with van der Waals surface area (Å²) in [6.07, 6.45) is 4.43. The van der Waals surface area contributed by atoms with Gasteiger partial charge in [-0.15, -0.1) is 0 Å². The molecule has 92 valence electrons. The van der Waals surface area contributed by atoms with Gasteiger partial charge in [0.25, 0.3) is 0 Å². The Balaban J connectivity index is 1.73. The Hall–Kier alpha value is -0.220. The maximum Gasteiger partial charge on any atom is 0.222 e. The predicted molar refractivity (Wildman–Crippen MR) is 68.8 cm³/mol. The molecule has 0 aromatic rings. The number of hydrogen-bond donors (Lipinski definition) is 1. The van der Waals surface area contributed by atoms with Crippen molar-refractivity contribution in [2.75, 3.05) is 24.6 Å². The zero-order valence-electron chi connectivity index (χ0n) is 10.1. The summed E-state index contributed by atoms with van der Waals surface area (Å²) in [5.74, 6) is 2.88. The maximum absolute atomic E-state index is 11.5. The van der Waals surface area contributed by atoms with E-state index in [9.17, 15) is 4.79 Å². The SMILES string of the molecule is CCC(=O)N1CCC(NC2CCCSC2)C1. The van der Waals surface area contributed by atoms with Crippen LogP contribution in [0.4, 0.5) is 0 Å². The molecule has 2 saturated heterocycles. The molecule has 2 unspecified atom stereocenters. The van der Waals surface area contributed by atoms with E-state index in [1.165, 1.54) is 24.3 Å². The largest absolute Gasteiger partial charge is 0.341 e. The summed E-state index contributed by atoms with van der Waals surface area (Å²) in [5, 5.41) is 3.71. The van der Waals surface area contributed by atoms with Gasteiger partial charge < -0.3 is 10.2 Å². The Kier molecular flexibility index (Phi) is 4.53. The van der Waals surface area contributed by atoms with Gasteiger partial charge in [0.2, 0.25) is 5.91 Å². The van der Waals surface area contributed by atoms with Gasteiger partial charge in [-0.05, 0) is 25.0 Å². The third kappa shape index (κ3) is 3.14. The molecule has 0 aromatic heterocycles. The summed E-state index contributed by atoms with van der Waals surface area (Å²) < 4.78 is 0. The molecule has 2 aliphatic heterocycles. The van der Waals surface area contributed by atoms with Gasteiger partial charge in [-0.2, -0.15) is 11.8 Å². The van der Waals surface area contributed by atoms with E-state index in [0.29, 0.717) is 24.4 Å². The molecule has 2 fully saturated rings. The van der Waals surface area contributed by atoms with E-state index >= 15 is 0 Å². The number of rotatable bonds is 3. The Bertz CT molecular complexity index is 241. The maximum atomic E-state index is 11.5. The van der Waals surface area contributed by atoms with Crippen LogP contribution >= 0.6 is 11.8 Å². The molecule has 0 aliphatic carbocycles. The number of nitrogens with zero attached hydrogens (tertiary/aromatic N) is 1.